The highest BCUT2D eigenvalue weighted by Gasteiger charge is 2.28. The summed E-state index contributed by atoms with van der Waals surface area (Å²) in [6.07, 6.45) is 2.07. The number of rotatable bonds is 6. The van der Waals surface area contributed by atoms with E-state index in [2.05, 4.69) is 26.1 Å². The lowest BCUT2D eigenvalue weighted by molar-refractivity contribution is 0.0943. The molecular formula is C16H18FN5O3. The van der Waals surface area contributed by atoms with Gasteiger partial charge in [-0.05, 0) is 31.9 Å². The van der Waals surface area contributed by atoms with Gasteiger partial charge >= 0.3 is 6.03 Å². The van der Waals surface area contributed by atoms with Crippen LogP contribution in [-0.4, -0.2) is 28.6 Å². The molecule has 0 radical (unpaired) electrons. The molecule has 2 aromatic rings. The lowest BCUT2D eigenvalue weighted by atomic mass is 10.1. The predicted octanol–water partition coefficient (Wildman–Crippen LogP) is 2.16. The number of halogens is 1. The van der Waals surface area contributed by atoms with Crippen molar-refractivity contribution < 1.29 is 18.5 Å². The molecule has 0 saturated heterocycles. The first-order valence-electron chi connectivity index (χ1n) is 8.02. The molecule has 1 heterocycles. The maximum Gasteiger partial charge on any atom is 0.319 e. The first-order chi connectivity index (χ1) is 12.1. The molecule has 1 saturated carbocycles. The van der Waals surface area contributed by atoms with Crippen molar-refractivity contribution in [1.82, 2.24) is 20.8 Å². The van der Waals surface area contributed by atoms with Gasteiger partial charge in [-0.1, -0.05) is 11.2 Å². The van der Waals surface area contributed by atoms with E-state index in [1.807, 2.05) is 0 Å². The molecule has 1 aromatic carbocycles. The SMILES string of the molecule is CCNC(=O)Nc1cccc(F)c1C(=O)NCc1nc(C2CC2)no1. The number of carbonyl (C=O) groups is 2. The molecule has 132 valence electrons. The van der Waals surface area contributed by atoms with Crippen LogP contribution >= 0.6 is 0 Å². The maximum absolute atomic E-state index is 14.1. The molecule has 0 spiro atoms. The molecule has 9 heteroatoms. The summed E-state index contributed by atoms with van der Waals surface area (Å²) in [5.41, 5.74) is -0.177. The minimum Gasteiger partial charge on any atom is -0.343 e. The molecule has 8 nitrogen and oxygen atoms in total. The Labute approximate surface area is 143 Å². The van der Waals surface area contributed by atoms with Crippen molar-refractivity contribution in [1.29, 1.82) is 0 Å². The highest BCUT2D eigenvalue weighted by Crippen LogP contribution is 2.38. The molecule has 0 bridgehead atoms. The Hall–Kier alpha value is -2.97. The Morgan fingerprint density at radius 3 is 2.84 bits per heavy atom. The zero-order chi connectivity index (χ0) is 17.8. The summed E-state index contributed by atoms with van der Waals surface area (Å²) >= 11 is 0. The van der Waals surface area contributed by atoms with Crippen LogP contribution < -0.4 is 16.0 Å². The molecule has 1 aliphatic carbocycles. The molecule has 3 amide bonds. The number of urea groups is 1. The van der Waals surface area contributed by atoms with Crippen molar-refractivity contribution in [3.05, 3.63) is 41.3 Å². The summed E-state index contributed by atoms with van der Waals surface area (Å²) in [4.78, 5) is 28.2. The Kier molecular flexibility index (Phi) is 4.92. The largest absolute Gasteiger partial charge is 0.343 e. The number of carbonyl (C=O) groups excluding carboxylic acids is 2. The van der Waals surface area contributed by atoms with Gasteiger partial charge in [-0.3, -0.25) is 4.79 Å². The number of anilines is 1. The van der Waals surface area contributed by atoms with Crippen LogP contribution in [0, 0.1) is 5.82 Å². The third kappa shape index (κ3) is 4.11. The van der Waals surface area contributed by atoms with Gasteiger partial charge in [0.05, 0.1) is 17.8 Å². The average molecular weight is 347 g/mol. The maximum atomic E-state index is 14.1. The van der Waals surface area contributed by atoms with Gasteiger partial charge in [-0.2, -0.15) is 4.98 Å². The van der Waals surface area contributed by atoms with E-state index in [1.54, 1.807) is 6.92 Å². The molecule has 0 aliphatic heterocycles. The Balaban J connectivity index is 1.68. The summed E-state index contributed by atoms with van der Waals surface area (Å²) < 4.78 is 19.2. The van der Waals surface area contributed by atoms with Crippen LogP contribution in [0.3, 0.4) is 0 Å². The fourth-order valence-corrected chi connectivity index (χ4v) is 2.28. The number of benzene rings is 1. The van der Waals surface area contributed by atoms with Crippen molar-refractivity contribution in [2.45, 2.75) is 32.2 Å². The summed E-state index contributed by atoms with van der Waals surface area (Å²) in [6, 6.07) is 3.49. The van der Waals surface area contributed by atoms with Gasteiger partial charge in [0.1, 0.15) is 5.82 Å². The summed E-state index contributed by atoms with van der Waals surface area (Å²) in [6.45, 7) is 2.13. The van der Waals surface area contributed by atoms with Gasteiger partial charge < -0.3 is 20.5 Å². The number of nitrogens with one attached hydrogen (secondary N) is 3. The van der Waals surface area contributed by atoms with E-state index >= 15 is 0 Å². The normalized spacial score (nSPS) is 13.4. The third-order valence-electron chi connectivity index (χ3n) is 3.65. The minimum absolute atomic E-state index is 0.0204. The van der Waals surface area contributed by atoms with Crippen molar-refractivity contribution in [2.24, 2.45) is 0 Å². The fraction of sp³-hybridized carbons (Fsp3) is 0.375. The van der Waals surface area contributed by atoms with Crippen LogP contribution in [0.1, 0.15) is 47.8 Å². The van der Waals surface area contributed by atoms with E-state index in [-0.39, 0.29) is 23.7 Å². The van der Waals surface area contributed by atoms with Crippen LogP contribution in [0.25, 0.3) is 0 Å². The highest BCUT2D eigenvalue weighted by molar-refractivity contribution is 6.03. The number of hydrogen-bond donors (Lipinski definition) is 3. The topological polar surface area (TPSA) is 109 Å². The quantitative estimate of drug-likeness (QED) is 0.742. The zero-order valence-electron chi connectivity index (χ0n) is 13.6. The zero-order valence-corrected chi connectivity index (χ0v) is 13.6. The molecule has 3 N–H and O–H groups in total. The van der Waals surface area contributed by atoms with E-state index in [9.17, 15) is 14.0 Å². The van der Waals surface area contributed by atoms with E-state index < -0.39 is 17.8 Å². The summed E-state index contributed by atoms with van der Waals surface area (Å²) in [5, 5.41) is 11.4. The molecule has 25 heavy (non-hydrogen) atoms. The molecule has 0 unspecified atom stereocenters. The summed E-state index contributed by atoms with van der Waals surface area (Å²) in [5.74, 6) is -0.196. The second-order valence-corrected chi connectivity index (χ2v) is 5.65. The van der Waals surface area contributed by atoms with Crippen LogP contribution in [0.2, 0.25) is 0 Å². The van der Waals surface area contributed by atoms with Crippen molar-refractivity contribution in [3.8, 4) is 0 Å². The van der Waals surface area contributed by atoms with Gasteiger partial charge in [0.25, 0.3) is 5.91 Å². The van der Waals surface area contributed by atoms with Gasteiger partial charge in [0, 0.05) is 12.5 Å². The highest BCUT2D eigenvalue weighted by atomic mass is 19.1. The number of nitrogens with zero attached hydrogens (tertiary/aromatic N) is 2. The van der Waals surface area contributed by atoms with E-state index in [0.29, 0.717) is 18.3 Å². The smallest absolute Gasteiger partial charge is 0.319 e. The van der Waals surface area contributed by atoms with Crippen LogP contribution in [0.4, 0.5) is 14.9 Å². The van der Waals surface area contributed by atoms with E-state index in [1.165, 1.54) is 12.1 Å². The first kappa shape index (κ1) is 16.9. The molecule has 3 rings (SSSR count). The molecule has 1 aliphatic rings. The summed E-state index contributed by atoms with van der Waals surface area (Å²) in [7, 11) is 0. The first-order valence-corrected chi connectivity index (χ1v) is 8.02. The number of amides is 3. The Bertz CT molecular complexity index is 788. The van der Waals surface area contributed by atoms with E-state index in [4.69, 9.17) is 4.52 Å². The van der Waals surface area contributed by atoms with Gasteiger partial charge in [-0.15, -0.1) is 0 Å². The van der Waals surface area contributed by atoms with Crippen LogP contribution in [0.5, 0.6) is 0 Å². The van der Waals surface area contributed by atoms with E-state index in [0.717, 1.165) is 18.9 Å². The Morgan fingerprint density at radius 2 is 2.12 bits per heavy atom. The molecule has 1 aromatic heterocycles. The minimum atomic E-state index is -0.740. The average Bonchev–Trinajstić information content (AvgIpc) is 3.32. The number of aromatic nitrogens is 2. The van der Waals surface area contributed by atoms with Crippen molar-refractivity contribution in [3.63, 3.8) is 0 Å². The van der Waals surface area contributed by atoms with Crippen molar-refractivity contribution in [2.75, 3.05) is 11.9 Å². The van der Waals surface area contributed by atoms with Crippen LogP contribution in [-0.2, 0) is 6.54 Å². The Morgan fingerprint density at radius 1 is 1.32 bits per heavy atom. The van der Waals surface area contributed by atoms with Gasteiger partial charge in [0.15, 0.2) is 5.82 Å². The fourth-order valence-electron chi connectivity index (χ4n) is 2.28. The second-order valence-electron chi connectivity index (χ2n) is 5.65. The molecule has 0 atom stereocenters. The lowest BCUT2D eigenvalue weighted by Crippen LogP contribution is -2.31. The predicted molar refractivity (Wildman–Crippen MR) is 86.5 cm³/mol. The number of hydrogen-bond acceptors (Lipinski definition) is 5. The lowest BCUT2D eigenvalue weighted by Gasteiger charge is -2.12. The standard InChI is InChI=1S/C16H18FN5O3/c1-2-18-16(24)20-11-5-3-4-10(17)13(11)15(23)19-8-12-21-14(22-25-12)9-6-7-9/h3-5,9H,2,6-8H2,1H3,(H,19,23)(H2,18,20,24). The molecular weight excluding hydrogens is 329 g/mol. The monoisotopic (exact) mass is 347 g/mol. The third-order valence-corrected chi connectivity index (χ3v) is 3.65. The second kappa shape index (κ2) is 7.29. The van der Waals surface area contributed by atoms with Crippen LogP contribution in [0.15, 0.2) is 22.7 Å². The van der Waals surface area contributed by atoms with Gasteiger partial charge in [0.2, 0.25) is 5.89 Å². The van der Waals surface area contributed by atoms with Crippen molar-refractivity contribution >= 4 is 17.6 Å². The van der Waals surface area contributed by atoms with Gasteiger partial charge in [-0.25, -0.2) is 9.18 Å². The molecule has 1 fully saturated rings.